The van der Waals surface area contributed by atoms with Gasteiger partial charge in [0.15, 0.2) is 0 Å². The Bertz CT molecular complexity index is 740. The van der Waals surface area contributed by atoms with Crippen LogP contribution in [0.1, 0.15) is 65.3 Å². The number of fused-ring (bicyclic) bond motifs is 1. The van der Waals surface area contributed by atoms with Gasteiger partial charge in [-0.3, -0.25) is 0 Å². The van der Waals surface area contributed by atoms with E-state index in [2.05, 4.69) is 63.5 Å². The van der Waals surface area contributed by atoms with Gasteiger partial charge in [0.1, 0.15) is 11.3 Å². The summed E-state index contributed by atoms with van der Waals surface area (Å²) in [6.45, 7) is 19.6. The van der Waals surface area contributed by atoms with Gasteiger partial charge in [-0.1, -0.05) is 101 Å². The van der Waals surface area contributed by atoms with Crippen LogP contribution in [0, 0.1) is 20.8 Å². The van der Waals surface area contributed by atoms with Crippen molar-refractivity contribution in [2.75, 3.05) is 0 Å². The molecule has 0 radical (unpaired) electrons. The fourth-order valence-corrected chi connectivity index (χ4v) is 1.87. The maximum absolute atomic E-state index is 9.43. The molecule has 0 unspecified atom stereocenters. The fraction of sp³-hybridized carbons (Fsp3) is 0.370. The van der Waals surface area contributed by atoms with Crippen LogP contribution in [-0.4, -0.2) is 10.1 Å². The van der Waals surface area contributed by atoms with Crippen molar-refractivity contribution in [3.05, 3.63) is 84.1 Å². The first-order valence-electron chi connectivity index (χ1n) is 10.0. The molecule has 3 rings (SSSR count). The lowest BCUT2D eigenvalue weighted by Gasteiger charge is -1.99. The van der Waals surface area contributed by atoms with Crippen LogP contribution < -0.4 is 0 Å². The third-order valence-electron chi connectivity index (χ3n) is 3.06. The summed E-state index contributed by atoms with van der Waals surface area (Å²) in [6.07, 6.45) is 3.00. The predicted octanol–water partition coefficient (Wildman–Crippen LogP) is 8.82. The molecular formula is C27H43NO. The Morgan fingerprint density at radius 3 is 1.69 bits per heavy atom. The number of allylic oxidation sites excluding steroid dienone is 1. The van der Waals surface area contributed by atoms with Crippen LogP contribution in [0.4, 0.5) is 0 Å². The number of pyridine rings is 1. The molecule has 0 fully saturated rings. The molecule has 1 N–H and O–H groups in total. The number of nitrogens with zero attached hydrogens (tertiary/aromatic N) is 1. The van der Waals surface area contributed by atoms with Gasteiger partial charge in [0.2, 0.25) is 0 Å². The number of phenolic OH excluding ortho intramolecular Hbond substituents is 1. The van der Waals surface area contributed by atoms with Crippen LogP contribution in [0.2, 0.25) is 0 Å². The Hall–Kier alpha value is -2.61. The highest BCUT2D eigenvalue weighted by Crippen LogP contribution is 2.21. The van der Waals surface area contributed by atoms with Crippen LogP contribution >= 0.6 is 0 Å². The second-order valence-electron chi connectivity index (χ2n) is 6.07. The van der Waals surface area contributed by atoms with E-state index >= 15 is 0 Å². The van der Waals surface area contributed by atoms with Gasteiger partial charge in [0.05, 0.1) is 0 Å². The molecule has 0 atom stereocenters. The number of benzene rings is 2. The molecule has 0 aliphatic carbocycles. The molecule has 0 saturated carbocycles. The number of phenols is 1. The standard InChI is InChI=1S/C10H9NO.C8H10.C3H8.C3H6.C2H6.CH4/c1-7-5-6-8-3-2-4-9(12)10(8)11-7;1-7-3-5-8(2)6-4-7;2*1-3-2;1-2;/h2-6,12H,1H3;3-6H,1-2H3;3H2,1-2H3;3H,1H2,2H3;1-2H3;1H4. The number of hydrogen-bond donors (Lipinski definition) is 1. The van der Waals surface area contributed by atoms with Crippen molar-refractivity contribution in [2.45, 2.75) is 69.2 Å². The first kappa shape index (κ1) is 31.1. The van der Waals surface area contributed by atoms with Gasteiger partial charge in [0.25, 0.3) is 0 Å². The Morgan fingerprint density at radius 2 is 1.28 bits per heavy atom. The van der Waals surface area contributed by atoms with Gasteiger partial charge >= 0.3 is 0 Å². The van der Waals surface area contributed by atoms with E-state index in [9.17, 15) is 5.11 Å². The molecule has 1 aromatic heterocycles. The summed E-state index contributed by atoms with van der Waals surface area (Å²) in [6, 6.07) is 17.8. The van der Waals surface area contributed by atoms with E-state index in [1.54, 1.807) is 12.1 Å². The van der Waals surface area contributed by atoms with Crippen molar-refractivity contribution in [3.63, 3.8) is 0 Å². The molecule has 0 bridgehead atoms. The Morgan fingerprint density at radius 1 is 0.862 bits per heavy atom. The molecule has 2 aromatic carbocycles. The highest BCUT2D eigenvalue weighted by molar-refractivity contribution is 5.84. The Balaban J connectivity index is -0.000000348. The Kier molecular flexibility index (Phi) is 21.6. The quantitative estimate of drug-likeness (QED) is 0.384. The second-order valence-corrected chi connectivity index (χ2v) is 6.07. The first-order valence-corrected chi connectivity index (χ1v) is 10.0. The lowest BCUT2D eigenvalue weighted by Crippen LogP contribution is -1.82. The fourth-order valence-electron chi connectivity index (χ4n) is 1.87. The van der Waals surface area contributed by atoms with Crippen molar-refractivity contribution >= 4 is 10.9 Å². The molecule has 29 heavy (non-hydrogen) atoms. The SMILES string of the molecule is C.C=CC.CC.CCC.Cc1ccc(C)cc1.Cc1ccc2cccc(O)c2n1. The lowest BCUT2D eigenvalue weighted by atomic mass is 10.2. The minimum absolute atomic E-state index is 0. The zero-order valence-electron chi connectivity index (χ0n) is 19.1. The van der Waals surface area contributed by atoms with Crippen molar-refractivity contribution in [1.29, 1.82) is 0 Å². The average Bonchev–Trinajstić information content (AvgIpc) is 2.68. The van der Waals surface area contributed by atoms with Gasteiger partial charge < -0.3 is 5.11 Å². The van der Waals surface area contributed by atoms with Crippen molar-refractivity contribution in [2.24, 2.45) is 0 Å². The molecule has 0 saturated heterocycles. The van der Waals surface area contributed by atoms with Crippen LogP contribution in [0.3, 0.4) is 0 Å². The molecule has 0 aliphatic heterocycles. The maximum atomic E-state index is 9.43. The first-order chi connectivity index (χ1) is 13.4. The van der Waals surface area contributed by atoms with Gasteiger partial charge in [-0.2, -0.15) is 0 Å². The van der Waals surface area contributed by atoms with Crippen molar-refractivity contribution < 1.29 is 5.11 Å². The molecule has 1 heterocycles. The van der Waals surface area contributed by atoms with E-state index in [1.807, 2.05) is 52.0 Å². The number of rotatable bonds is 0. The van der Waals surface area contributed by atoms with E-state index < -0.39 is 0 Å². The summed E-state index contributed by atoms with van der Waals surface area (Å²) in [5.74, 6) is 0.246. The summed E-state index contributed by atoms with van der Waals surface area (Å²) in [5, 5.41) is 10.4. The monoisotopic (exact) mass is 397 g/mol. The third-order valence-corrected chi connectivity index (χ3v) is 3.06. The topological polar surface area (TPSA) is 33.1 Å². The third kappa shape index (κ3) is 15.0. The van der Waals surface area contributed by atoms with Gasteiger partial charge in [-0.25, -0.2) is 4.98 Å². The zero-order chi connectivity index (χ0) is 21.9. The van der Waals surface area contributed by atoms with Gasteiger partial charge in [0, 0.05) is 11.1 Å². The summed E-state index contributed by atoms with van der Waals surface area (Å²) < 4.78 is 0. The van der Waals surface area contributed by atoms with Crippen LogP contribution in [-0.2, 0) is 0 Å². The normalized spacial score (nSPS) is 8.14. The van der Waals surface area contributed by atoms with E-state index in [-0.39, 0.29) is 13.2 Å². The molecule has 162 valence electrons. The number of aromatic nitrogens is 1. The number of para-hydroxylation sites is 1. The molecule has 2 heteroatoms. The number of hydrogen-bond acceptors (Lipinski definition) is 2. The molecule has 0 aliphatic rings. The predicted molar refractivity (Wildman–Crippen MR) is 134 cm³/mol. The molecule has 3 aromatic rings. The summed E-state index contributed by atoms with van der Waals surface area (Å²) in [5.41, 5.74) is 4.26. The van der Waals surface area contributed by atoms with Crippen LogP contribution in [0.25, 0.3) is 10.9 Å². The molecule has 0 spiro atoms. The molecular weight excluding hydrogens is 354 g/mol. The summed E-state index contributed by atoms with van der Waals surface area (Å²) in [4.78, 5) is 4.23. The zero-order valence-corrected chi connectivity index (χ0v) is 19.1. The van der Waals surface area contributed by atoms with Crippen molar-refractivity contribution in [3.8, 4) is 5.75 Å². The average molecular weight is 398 g/mol. The van der Waals surface area contributed by atoms with E-state index in [0.29, 0.717) is 5.52 Å². The lowest BCUT2D eigenvalue weighted by molar-refractivity contribution is 0.480. The van der Waals surface area contributed by atoms with Crippen molar-refractivity contribution in [1.82, 2.24) is 4.98 Å². The molecule has 0 amide bonds. The minimum atomic E-state index is 0. The van der Waals surface area contributed by atoms with Gasteiger partial charge in [-0.05, 0) is 39.8 Å². The van der Waals surface area contributed by atoms with E-state index in [1.165, 1.54) is 17.5 Å². The number of aryl methyl sites for hydroxylation is 3. The summed E-state index contributed by atoms with van der Waals surface area (Å²) in [7, 11) is 0. The van der Waals surface area contributed by atoms with Gasteiger partial charge in [-0.15, -0.1) is 6.58 Å². The number of aromatic hydroxyl groups is 1. The smallest absolute Gasteiger partial charge is 0.141 e. The van der Waals surface area contributed by atoms with E-state index in [4.69, 9.17) is 0 Å². The largest absolute Gasteiger partial charge is 0.506 e. The molecule has 2 nitrogen and oxygen atoms in total. The van der Waals surface area contributed by atoms with Crippen LogP contribution in [0.5, 0.6) is 5.75 Å². The maximum Gasteiger partial charge on any atom is 0.141 e. The highest BCUT2D eigenvalue weighted by atomic mass is 16.3. The summed E-state index contributed by atoms with van der Waals surface area (Å²) >= 11 is 0. The highest BCUT2D eigenvalue weighted by Gasteiger charge is 1.98. The second kappa shape index (κ2) is 20.1. The van der Waals surface area contributed by atoms with E-state index in [0.717, 1.165) is 11.1 Å². The Labute approximate surface area is 180 Å². The van der Waals surface area contributed by atoms with Crippen LogP contribution in [0.15, 0.2) is 67.3 Å². The minimum Gasteiger partial charge on any atom is -0.506 e.